The normalized spacial score (nSPS) is 17.8. The van der Waals surface area contributed by atoms with E-state index in [4.69, 9.17) is 15.3 Å². The van der Waals surface area contributed by atoms with Crippen LogP contribution in [-0.2, 0) is 4.79 Å². The van der Waals surface area contributed by atoms with Crippen molar-refractivity contribution in [1.29, 1.82) is 0 Å². The average molecular weight is 209 g/mol. The van der Waals surface area contributed by atoms with Gasteiger partial charge in [-0.05, 0) is 6.92 Å². The number of aliphatic hydroxyl groups excluding tert-OH is 2. The van der Waals surface area contributed by atoms with Crippen LogP contribution in [0, 0.1) is 0 Å². The first-order chi connectivity index (χ1) is 5.99. The summed E-state index contributed by atoms with van der Waals surface area (Å²) in [6.45, 7) is 1.47. The first-order valence-corrected chi connectivity index (χ1v) is 4.55. The van der Waals surface area contributed by atoms with Gasteiger partial charge in [-0.2, -0.15) is 12.6 Å². The number of carboxylic acid groups (broad SMARTS) is 1. The smallest absolute Gasteiger partial charge is 0.321 e. The third kappa shape index (κ3) is 5.09. The van der Waals surface area contributed by atoms with Crippen LogP contribution in [0.2, 0.25) is 0 Å². The molecule has 13 heavy (non-hydrogen) atoms. The van der Waals surface area contributed by atoms with Gasteiger partial charge in [-0.3, -0.25) is 4.79 Å². The van der Waals surface area contributed by atoms with E-state index in [0.29, 0.717) is 0 Å². The monoisotopic (exact) mass is 209 g/mol. The fourth-order valence-corrected chi connectivity index (χ4v) is 0.949. The Morgan fingerprint density at radius 3 is 2.38 bits per heavy atom. The highest BCUT2D eigenvalue weighted by molar-refractivity contribution is 7.80. The predicted octanol–water partition coefficient (Wildman–Crippen LogP) is -1.30. The van der Waals surface area contributed by atoms with Crippen molar-refractivity contribution in [3.05, 3.63) is 0 Å². The number of carboxylic acids is 1. The van der Waals surface area contributed by atoms with Crippen molar-refractivity contribution in [3.8, 4) is 0 Å². The molecule has 0 radical (unpaired) electrons. The molecule has 0 rings (SSSR count). The van der Waals surface area contributed by atoms with E-state index in [1.807, 2.05) is 0 Å². The minimum absolute atomic E-state index is 0.0369. The summed E-state index contributed by atoms with van der Waals surface area (Å²) in [5.41, 5.74) is 0. The molecule has 0 aliphatic carbocycles. The molecule has 0 aromatic rings. The molecule has 0 heterocycles. The molecule has 0 aromatic heterocycles. The van der Waals surface area contributed by atoms with Gasteiger partial charge in [0.25, 0.3) is 0 Å². The lowest BCUT2D eigenvalue weighted by molar-refractivity contribution is -0.139. The molecule has 0 bridgehead atoms. The van der Waals surface area contributed by atoms with Gasteiger partial charge >= 0.3 is 5.97 Å². The van der Waals surface area contributed by atoms with Crippen LogP contribution in [0.5, 0.6) is 0 Å². The Balaban J connectivity index is 3.78. The van der Waals surface area contributed by atoms with Crippen LogP contribution in [0.25, 0.3) is 0 Å². The molecular formula is C7H15NO4S. The summed E-state index contributed by atoms with van der Waals surface area (Å²) in [6.07, 6.45) is -1.83. The Morgan fingerprint density at radius 1 is 1.54 bits per heavy atom. The number of aliphatic carboxylic acids is 1. The van der Waals surface area contributed by atoms with Crippen LogP contribution in [-0.4, -0.2) is 51.8 Å². The molecule has 78 valence electrons. The lowest BCUT2D eigenvalue weighted by Crippen LogP contribution is -2.44. The van der Waals surface area contributed by atoms with E-state index in [0.717, 1.165) is 0 Å². The van der Waals surface area contributed by atoms with Crippen molar-refractivity contribution in [3.63, 3.8) is 0 Å². The minimum Gasteiger partial charge on any atom is -0.480 e. The fourth-order valence-electron chi connectivity index (χ4n) is 0.664. The Bertz CT molecular complexity index is 165. The highest BCUT2D eigenvalue weighted by Crippen LogP contribution is 1.93. The zero-order valence-corrected chi connectivity index (χ0v) is 8.24. The summed E-state index contributed by atoms with van der Waals surface area (Å²) in [6, 6.07) is -0.795. The van der Waals surface area contributed by atoms with Gasteiger partial charge in [0, 0.05) is 12.3 Å². The van der Waals surface area contributed by atoms with E-state index in [1.165, 1.54) is 6.92 Å². The quantitative estimate of drug-likeness (QED) is 0.351. The fraction of sp³-hybridized carbons (Fsp3) is 0.857. The summed E-state index contributed by atoms with van der Waals surface area (Å²) in [5, 5.41) is 29.1. The standard InChI is InChI=1S/C7H15NO4S/c1-4(9)6(10)2-8-5(3-13)7(11)12/h4-6,8-10,13H,2-3H2,1H3,(H,11,12)/t4?,5-,6+/m0/s1. The first-order valence-electron chi connectivity index (χ1n) is 3.92. The van der Waals surface area contributed by atoms with Gasteiger partial charge in [-0.25, -0.2) is 0 Å². The molecule has 0 fully saturated rings. The van der Waals surface area contributed by atoms with Crippen molar-refractivity contribution in [1.82, 2.24) is 5.32 Å². The van der Waals surface area contributed by atoms with Gasteiger partial charge < -0.3 is 20.6 Å². The van der Waals surface area contributed by atoms with E-state index >= 15 is 0 Å². The molecule has 0 aliphatic heterocycles. The van der Waals surface area contributed by atoms with Gasteiger partial charge in [-0.1, -0.05) is 0 Å². The van der Waals surface area contributed by atoms with E-state index < -0.39 is 24.2 Å². The maximum absolute atomic E-state index is 10.5. The van der Waals surface area contributed by atoms with Crippen LogP contribution in [0.1, 0.15) is 6.92 Å². The van der Waals surface area contributed by atoms with Gasteiger partial charge in [0.15, 0.2) is 0 Å². The maximum atomic E-state index is 10.5. The van der Waals surface area contributed by atoms with Gasteiger partial charge in [0.1, 0.15) is 6.04 Å². The first kappa shape index (κ1) is 12.7. The predicted molar refractivity (Wildman–Crippen MR) is 51.0 cm³/mol. The second kappa shape index (κ2) is 6.20. The Kier molecular flexibility index (Phi) is 6.06. The zero-order valence-electron chi connectivity index (χ0n) is 7.34. The second-order valence-electron chi connectivity index (χ2n) is 2.79. The SMILES string of the molecule is CC(O)[C@H](O)CN[C@@H](CS)C(=O)O. The molecule has 1 unspecified atom stereocenters. The highest BCUT2D eigenvalue weighted by atomic mass is 32.1. The molecular weight excluding hydrogens is 194 g/mol. The van der Waals surface area contributed by atoms with Crippen LogP contribution >= 0.6 is 12.6 Å². The highest BCUT2D eigenvalue weighted by Gasteiger charge is 2.17. The van der Waals surface area contributed by atoms with Crippen LogP contribution in [0.15, 0.2) is 0 Å². The Morgan fingerprint density at radius 2 is 2.08 bits per heavy atom. The topological polar surface area (TPSA) is 89.8 Å². The van der Waals surface area contributed by atoms with Crippen LogP contribution < -0.4 is 5.32 Å². The average Bonchev–Trinajstić information content (AvgIpc) is 2.04. The molecule has 5 nitrogen and oxygen atoms in total. The number of carbonyl (C=O) groups is 1. The number of rotatable bonds is 6. The molecule has 0 aromatic carbocycles. The van der Waals surface area contributed by atoms with E-state index in [-0.39, 0.29) is 12.3 Å². The van der Waals surface area contributed by atoms with E-state index in [9.17, 15) is 4.79 Å². The molecule has 0 saturated heterocycles. The summed E-state index contributed by atoms with van der Waals surface area (Å²) in [7, 11) is 0. The van der Waals surface area contributed by atoms with E-state index in [2.05, 4.69) is 17.9 Å². The number of hydrogen-bond donors (Lipinski definition) is 5. The van der Waals surface area contributed by atoms with Crippen molar-refractivity contribution in [2.24, 2.45) is 0 Å². The van der Waals surface area contributed by atoms with Gasteiger partial charge in [0.2, 0.25) is 0 Å². The van der Waals surface area contributed by atoms with E-state index in [1.54, 1.807) is 0 Å². The molecule has 0 aliphatic rings. The van der Waals surface area contributed by atoms with Crippen LogP contribution in [0.3, 0.4) is 0 Å². The Labute approximate surface area is 82.2 Å². The summed E-state index contributed by atoms with van der Waals surface area (Å²) < 4.78 is 0. The van der Waals surface area contributed by atoms with Crippen molar-refractivity contribution < 1.29 is 20.1 Å². The number of thiol groups is 1. The van der Waals surface area contributed by atoms with Crippen molar-refractivity contribution in [2.75, 3.05) is 12.3 Å². The maximum Gasteiger partial charge on any atom is 0.321 e. The number of hydrogen-bond acceptors (Lipinski definition) is 5. The van der Waals surface area contributed by atoms with Gasteiger partial charge in [0.05, 0.1) is 12.2 Å². The third-order valence-corrected chi connectivity index (χ3v) is 1.98. The zero-order chi connectivity index (χ0) is 10.4. The number of aliphatic hydroxyl groups is 2. The van der Waals surface area contributed by atoms with Gasteiger partial charge in [-0.15, -0.1) is 0 Å². The molecule has 6 heteroatoms. The molecule has 3 atom stereocenters. The number of nitrogens with one attached hydrogen (secondary N) is 1. The van der Waals surface area contributed by atoms with Crippen molar-refractivity contribution >= 4 is 18.6 Å². The second-order valence-corrected chi connectivity index (χ2v) is 3.15. The Hall–Kier alpha value is -0.300. The summed E-state index contributed by atoms with van der Waals surface area (Å²) in [4.78, 5) is 10.5. The molecule has 0 amide bonds. The molecule has 4 N–H and O–H groups in total. The lowest BCUT2D eigenvalue weighted by Gasteiger charge is -2.17. The lowest BCUT2D eigenvalue weighted by atomic mass is 10.2. The summed E-state index contributed by atoms with van der Waals surface area (Å²) >= 11 is 3.82. The van der Waals surface area contributed by atoms with Crippen LogP contribution in [0.4, 0.5) is 0 Å². The largest absolute Gasteiger partial charge is 0.480 e. The summed E-state index contributed by atoms with van der Waals surface area (Å²) in [5.74, 6) is -0.880. The molecule has 0 spiro atoms. The van der Waals surface area contributed by atoms with Crippen molar-refractivity contribution in [2.45, 2.75) is 25.2 Å². The minimum atomic E-state index is -1.02. The third-order valence-electron chi connectivity index (χ3n) is 1.61. The molecule has 0 saturated carbocycles.